The van der Waals surface area contributed by atoms with Crippen molar-refractivity contribution in [3.05, 3.63) is 0 Å². The molecule has 0 saturated carbocycles. The van der Waals surface area contributed by atoms with Crippen molar-refractivity contribution in [2.45, 2.75) is 0 Å². The van der Waals surface area contributed by atoms with E-state index in [-0.39, 0.29) is 53.5 Å². The summed E-state index contributed by atoms with van der Waals surface area (Å²) in [6.45, 7) is 0. The van der Waals surface area contributed by atoms with E-state index < -0.39 is 47.8 Å². The Bertz CT molecular complexity index is 401. The molecule has 27 heavy (non-hydrogen) atoms. The van der Waals surface area contributed by atoms with Gasteiger partial charge in [-0.1, -0.05) is 0 Å². The molecule has 0 amide bonds. The minimum absolute atomic E-state index is 0. The van der Waals surface area contributed by atoms with Gasteiger partial charge in [0.2, 0.25) is 0 Å². The van der Waals surface area contributed by atoms with Gasteiger partial charge in [0.1, 0.15) is 0 Å². The number of carbonyl (C=O) groups excluding carboxylic acids is 8. The van der Waals surface area contributed by atoms with Gasteiger partial charge in [-0.25, -0.2) is 0 Å². The molecule has 0 aromatic heterocycles. The predicted octanol–water partition coefficient (Wildman–Crippen LogP) is -17.4. The van der Waals surface area contributed by atoms with Crippen molar-refractivity contribution in [3.8, 4) is 0 Å². The van der Waals surface area contributed by atoms with Crippen molar-refractivity contribution in [1.82, 2.24) is 0 Å². The second-order valence-electron chi connectivity index (χ2n) is 2.30. The van der Waals surface area contributed by atoms with Gasteiger partial charge in [0, 0.05) is 0 Å². The predicted molar refractivity (Wildman–Crippen MR) is 45.8 cm³/mol. The number of carbonyl (C=O) groups is 8. The molecule has 0 radical (unpaired) electrons. The SMILES string of the molecule is O=C([O-])C(=O)[O-].O=C([O-])C(=O)[O-].O=C([O-])C(=O)[O-].O=C([O-])C(=O)[O-].[B+3].[Li+].[Zr+4]. The summed E-state index contributed by atoms with van der Waals surface area (Å²) in [4.78, 5) is 71.4. The first-order valence-corrected chi connectivity index (χ1v) is 4.27. The third-order valence-corrected chi connectivity index (χ3v) is 0.667. The molecule has 19 heteroatoms. The molecule has 0 aromatic rings. The van der Waals surface area contributed by atoms with E-state index in [9.17, 15) is 0 Å². The van der Waals surface area contributed by atoms with E-state index in [0.717, 1.165) is 0 Å². The van der Waals surface area contributed by atoms with Crippen molar-refractivity contribution in [3.63, 3.8) is 0 Å². The molecular formula is C8BLiO16Zr. The number of carboxylic acids is 8. The summed E-state index contributed by atoms with van der Waals surface area (Å²) in [7, 11) is 0. The molecular weight excluding hydrogens is 461 g/mol. The number of rotatable bonds is 0. The summed E-state index contributed by atoms with van der Waals surface area (Å²) in [5.41, 5.74) is 0. The Morgan fingerprint density at radius 1 is 0.333 bits per heavy atom. The van der Waals surface area contributed by atoms with Crippen LogP contribution in [0.2, 0.25) is 0 Å². The third-order valence-electron chi connectivity index (χ3n) is 0.667. The van der Waals surface area contributed by atoms with E-state index in [2.05, 4.69) is 0 Å². The second-order valence-corrected chi connectivity index (χ2v) is 2.30. The maximum Gasteiger partial charge on any atom is 4.00 e. The molecule has 0 fully saturated rings. The zero-order valence-electron chi connectivity index (χ0n) is 12.6. The zero-order valence-corrected chi connectivity index (χ0v) is 15.1. The Morgan fingerprint density at radius 3 is 0.370 bits per heavy atom. The Kier molecular flexibility index (Phi) is 41.7. The summed E-state index contributed by atoms with van der Waals surface area (Å²) in [6, 6.07) is 0. The maximum absolute atomic E-state index is 8.93. The summed E-state index contributed by atoms with van der Waals surface area (Å²) in [6.07, 6.45) is 0. The first kappa shape index (κ1) is 44.1. The van der Waals surface area contributed by atoms with Gasteiger partial charge in [-0.2, -0.15) is 0 Å². The fourth-order valence-electron chi connectivity index (χ4n) is 0. The molecule has 0 aliphatic heterocycles. The van der Waals surface area contributed by atoms with E-state index in [1.807, 2.05) is 0 Å². The van der Waals surface area contributed by atoms with Crippen LogP contribution in [0.5, 0.6) is 0 Å². The number of aliphatic carboxylic acids is 8. The van der Waals surface area contributed by atoms with Crippen LogP contribution in [0.1, 0.15) is 0 Å². The van der Waals surface area contributed by atoms with E-state index in [1.165, 1.54) is 0 Å². The quantitative estimate of drug-likeness (QED) is 0.239. The van der Waals surface area contributed by atoms with Crippen LogP contribution < -0.4 is 59.7 Å². The van der Waals surface area contributed by atoms with Crippen LogP contribution >= 0.6 is 0 Å². The van der Waals surface area contributed by atoms with Crippen LogP contribution in [0.15, 0.2) is 0 Å². The largest absolute Gasteiger partial charge is 4.00 e. The fraction of sp³-hybridized carbons (Fsp3) is 0. The third kappa shape index (κ3) is 59.8. The van der Waals surface area contributed by atoms with Crippen molar-refractivity contribution in [2.75, 3.05) is 0 Å². The minimum atomic E-state index is -2.19. The summed E-state index contributed by atoms with van der Waals surface area (Å²) in [5.74, 6) is -17.5. The Labute approximate surface area is 180 Å². The van der Waals surface area contributed by atoms with Crippen molar-refractivity contribution >= 4 is 56.2 Å². The topological polar surface area (TPSA) is 321 Å². The summed E-state index contributed by atoms with van der Waals surface area (Å²) in [5, 5.41) is 71.4. The van der Waals surface area contributed by atoms with Gasteiger partial charge in [0.05, 0.1) is 47.8 Å². The number of carboxylic acid groups (broad SMARTS) is 8. The van der Waals surface area contributed by atoms with Gasteiger partial charge in [0.25, 0.3) is 0 Å². The smallest absolute Gasteiger partial charge is 0.543 e. The normalized spacial score (nSPS) is 6.52. The van der Waals surface area contributed by atoms with Crippen molar-refractivity contribution in [2.24, 2.45) is 0 Å². The van der Waals surface area contributed by atoms with E-state index in [0.29, 0.717) is 0 Å². The Hall–Kier alpha value is -2.69. The van der Waals surface area contributed by atoms with Crippen LogP contribution in [0.25, 0.3) is 0 Å². The molecule has 0 saturated heterocycles. The summed E-state index contributed by atoms with van der Waals surface area (Å²) >= 11 is 0. The van der Waals surface area contributed by atoms with Gasteiger partial charge in [0.15, 0.2) is 0 Å². The van der Waals surface area contributed by atoms with E-state index in [4.69, 9.17) is 79.2 Å². The molecule has 0 atom stereocenters. The molecule has 0 heterocycles. The number of hydrogen-bond donors (Lipinski definition) is 0. The molecule has 136 valence electrons. The monoisotopic (exact) mass is 460 g/mol. The molecule has 0 aromatic carbocycles. The van der Waals surface area contributed by atoms with E-state index >= 15 is 0 Å². The van der Waals surface area contributed by atoms with Gasteiger partial charge < -0.3 is 79.2 Å². The molecule has 0 unspecified atom stereocenters. The standard InChI is InChI=1S/4C2H2O4.B.Li.Zr/c4*3-1(4)2(5)6;;;/h4*(H,3,4)(H,5,6);;;/q;;;;+3;+1;+4/p-8. The van der Waals surface area contributed by atoms with Gasteiger partial charge >= 0.3 is 53.5 Å². The molecule has 0 bridgehead atoms. The van der Waals surface area contributed by atoms with Crippen LogP contribution in [-0.2, 0) is 64.6 Å². The Balaban J connectivity index is -0.0000000381. The summed E-state index contributed by atoms with van der Waals surface area (Å²) < 4.78 is 0. The van der Waals surface area contributed by atoms with Gasteiger partial charge in [-0.05, 0) is 0 Å². The van der Waals surface area contributed by atoms with Crippen molar-refractivity contribution in [1.29, 1.82) is 0 Å². The second kappa shape index (κ2) is 25.5. The van der Waals surface area contributed by atoms with Gasteiger partial charge in [-0.3, -0.25) is 0 Å². The average Bonchev–Trinajstić information content (AvgIpc) is 2.40. The average molecular weight is 461 g/mol. The molecule has 0 aliphatic carbocycles. The van der Waals surface area contributed by atoms with Crippen molar-refractivity contribution < 1.29 is 124 Å². The van der Waals surface area contributed by atoms with Crippen LogP contribution in [0.3, 0.4) is 0 Å². The van der Waals surface area contributed by atoms with E-state index in [1.54, 1.807) is 0 Å². The maximum atomic E-state index is 8.93. The molecule has 0 aliphatic rings. The minimum Gasteiger partial charge on any atom is -0.543 e. The molecule has 16 nitrogen and oxygen atoms in total. The number of hydrogen-bond acceptors (Lipinski definition) is 16. The van der Waals surface area contributed by atoms with Crippen LogP contribution in [-0.4, -0.2) is 56.2 Å². The van der Waals surface area contributed by atoms with Gasteiger partial charge in [-0.15, -0.1) is 0 Å². The Morgan fingerprint density at radius 2 is 0.370 bits per heavy atom. The molecule has 0 N–H and O–H groups in total. The molecule has 0 rings (SSSR count). The fourth-order valence-corrected chi connectivity index (χ4v) is 0. The first-order chi connectivity index (χ1) is 10.6. The van der Waals surface area contributed by atoms with Crippen LogP contribution in [0, 0.1) is 0 Å². The van der Waals surface area contributed by atoms with Crippen LogP contribution in [0.4, 0.5) is 0 Å². The molecule has 0 spiro atoms. The zero-order chi connectivity index (χ0) is 20.6. The first-order valence-electron chi connectivity index (χ1n) is 4.27.